The van der Waals surface area contributed by atoms with Crippen LogP contribution in [0.2, 0.25) is 0 Å². The van der Waals surface area contributed by atoms with Crippen molar-refractivity contribution in [3.8, 4) is 5.75 Å². The molecule has 1 amide bonds. The molecule has 2 aromatic carbocycles. The summed E-state index contributed by atoms with van der Waals surface area (Å²) in [6.07, 6.45) is 7.46. The Labute approximate surface area is 219 Å². The van der Waals surface area contributed by atoms with E-state index in [0.29, 0.717) is 17.1 Å². The summed E-state index contributed by atoms with van der Waals surface area (Å²) in [5, 5.41) is 3.02. The normalized spacial score (nSPS) is 15.2. The van der Waals surface area contributed by atoms with Crippen LogP contribution in [0.1, 0.15) is 36.7 Å². The molecule has 1 fully saturated rings. The number of carbonyl (C=O) groups excluding carboxylic acids is 1. The van der Waals surface area contributed by atoms with Gasteiger partial charge in [-0.1, -0.05) is 51.6 Å². The summed E-state index contributed by atoms with van der Waals surface area (Å²) in [6, 6.07) is 13.5. The average Bonchev–Trinajstić information content (AvgIpc) is 2.86. The second-order valence-corrected chi connectivity index (χ2v) is 10.5. The van der Waals surface area contributed by atoms with Crippen molar-refractivity contribution in [1.82, 2.24) is 9.62 Å². The van der Waals surface area contributed by atoms with E-state index in [1.807, 2.05) is 67.7 Å². The molecular formula is C29H37N3O3S. The van der Waals surface area contributed by atoms with Gasteiger partial charge in [0, 0.05) is 30.2 Å². The van der Waals surface area contributed by atoms with Gasteiger partial charge in [-0.3, -0.25) is 14.4 Å². The number of carbonyl (C=O) groups is 1. The van der Waals surface area contributed by atoms with Crippen LogP contribution in [-0.4, -0.2) is 50.7 Å². The zero-order chi connectivity index (χ0) is 26.0. The van der Waals surface area contributed by atoms with E-state index in [2.05, 4.69) is 42.3 Å². The molecule has 2 N–H and O–H groups in total. The third kappa shape index (κ3) is 8.38. The van der Waals surface area contributed by atoms with E-state index >= 15 is 0 Å². The molecule has 0 atom stereocenters. The molecule has 0 radical (unpaired) electrons. The maximum atomic E-state index is 13.4. The SMILES string of the molecule is C=C/C=C\C(=C/CN1CCOCC1)Oc1cc(C(C)(C)C)ccc1C(=O)Nc1cccc(SNC)c1. The first-order chi connectivity index (χ1) is 17.3. The van der Waals surface area contributed by atoms with E-state index < -0.39 is 0 Å². The number of amides is 1. The topological polar surface area (TPSA) is 62.8 Å². The van der Waals surface area contributed by atoms with Crippen molar-refractivity contribution in [2.75, 3.05) is 45.2 Å². The van der Waals surface area contributed by atoms with Crippen LogP contribution in [0.3, 0.4) is 0 Å². The van der Waals surface area contributed by atoms with Crippen molar-refractivity contribution in [2.24, 2.45) is 0 Å². The number of allylic oxidation sites excluding steroid dienone is 3. The van der Waals surface area contributed by atoms with Crippen molar-refractivity contribution >= 4 is 23.5 Å². The average molecular weight is 508 g/mol. The fourth-order valence-electron chi connectivity index (χ4n) is 3.65. The Morgan fingerprint density at radius 2 is 1.97 bits per heavy atom. The number of hydrogen-bond donors (Lipinski definition) is 2. The molecule has 0 bridgehead atoms. The Morgan fingerprint density at radius 1 is 1.19 bits per heavy atom. The Kier molecular flexibility index (Phi) is 10.4. The van der Waals surface area contributed by atoms with Gasteiger partial charge in [-0.05, 0) is 72.5 Å². The first kappa shape index (κ1) is 27.7. The van der Waals surface area contributed by atoms with E-state index in [-0.39, 0.29) is 11.3 Å². The molecule has 2 aromatic rings. The highest BCUT2D eigenvalue weighted by atomic mass is 32.2. The van der Waals surface area contributed by atoms with Gasteiger partial charge in [-0.25, -0.2) is 0 Å². The summed E-state index contributed by atoms with van der Waals surface area (Å²) < 4.78 is 14.9. The Bertz CT molecular complexity index is 1100. The number of hydrogen-bond acceptors (Lipinski definition) is 6. The molecule has 1 saturated heterocycles. The lowest BCUT2D eigenvalue weighted by atomic mass is 9.86. The Balaban J connectivity index is 1.91. The third-order valence-corrected chi connectivity index (χ3v) is 6.38. The molecule has 0 spiro atoms. The van der Waals surface area contributed by atoms with Crippen LogP contribution < -0.4 is 14.8 Å². The predicted octanol–water partition coefficient (Wildman–Crippen LogP) is 5.80. The van der Waals surface area contributed by atoms with Crippen molar-refractivity contribution in [2.45, 2.75) is 31.1 Å². The van der Waals surface area contributed by atoms with Gasteiger partial charge in [0.25, 0.3) is 5.91 Å². The second-order valence-electron chi connectivity index (χ2n) is 9.47. The highest BCUT2D eigenvalue weighted by Gasteiger charge is 2.20. The van der Waals surface area contributed by atoms with Crippen molar-refractivity contribution < 1.29 is 14.3 Å². The fraction of sp³-hybridized carbons (Fsp3) is 0.345. The number of anilines is 1. The summed E-state index contributed by atoms with van der Waals surface area (Å²) in [6.45, 7) is 14.2. The van der Waals surface area contributed by atoms with E-state index in [0.717, 1.165) is 49.0 Å². The number of morpholine rings is 1. The molecule has 1 heterocycles. The molecule has 3 rings (SSSR count). The molecule has 0 unspecified atom stereocenters. The monoisotopic (exact) mass is 507 g/mol. The number of nitrogens with zero attached hydrogens (tertiary/aromatic N) is 1. The molecule has 0 aliphatic carbocycles. The molecule has 0 aromatic heterocycles. The van der Waals surface area contributed by atoms with Crippen LogP contribution in [0, 0.1) is 0 Å². The first-order valence-electron chi connectivity index (χ1n) is 12.2. The Morgan fingerprint density at radius 3 is 2.67 bits per heavy atom. The number of rotatable bonds is 10. The number of ether oxygens (including phenoxy) is 2. The van der Waals surface area contributed by atoms with Crippen LogP contribution in [-0.2, 0) is 10.2 Å². The summed E-state index contributed by atoms with van der Waals surface area (Å²) >= 11 is 1.49. The largest absolute Gasteiger partial charge is 0.457 e. The van der Waals surface area contributed by atoms with Gasteiger partial charge in [-0.15, -0.1) is 0 Å². The molecule has 36 heavy (non-hydrogen) atoms. The lowest BCUT2D eigenvalue weighted by Gasteiger charge is -2.25. The molecule has 6 nitrogen and oxygen atoms in total. The number of nitrogens with one attached hydrogen (secondary N) is 2. The summed E-state index contributed by atoms with van der Waals surface area (Å²) in [5.74, 6) is 0.953. The van der Waals surface area contributed by atoms with Gasteiger partial charge in [-0.2, -0.15) is 0 Å². The lowest BCUT2D eigenvalue weighted by molar-refractivity contribution is 0.0432. The third-order valence-electron chi connectivity index (χ3n) is 5.68. The quantitative estimate of drug-likeness (QED) is 0.241. The molecule has 0 saturated carbocycles. The fourth-order valence-corrected chi connectivity index (χ4v) is 4.22. The van der Waals surface area contributed by atoms with E-state index in [4.69, 9.17) is 9.47 Å². The van der Waals surface area contributed by atoms with E-state index in [9.17, 15) is 4.79 Å². The van der Waals surface area contributed by atoms with E-state index in [1.165, 1.54) is 11.9 Å². The minimum absolute atomic E-state index is 0.0968. The summed E-state index contributed by atoms with van der Waals surface area (Å²) in [4.78, 5) is 16.7. The lowest BCUT2D eigenvalue weighted by Crippen LogP contribution is -2.36. The van der Waals surface area contributed by atoms with Gasteiger partial charge >= 0.3 is 0 Å². The molecule has 7 heteroatoms. The van der Waals surface area contributed by atoms with Crippen LogP contribution in [0.4, 0.5) is 5.69 Å². The zero-order valence-electron chi connectivity index (χ0n) is 21.7. The van der Waals surface area contributed by atoms with Gasteiger partial charge in [0.2, 0.25) is 0 Å². The standard InChI is InChI=1S/C29H37N3O3S/c1-6-7-10-24(14-15-32-16-18-34-19-17-32)35-27-20-22(29(2,3)4)12-13-26(27)28(33)31-23-9-8-11-25(21-23)36-30-5/h6-14,20-21,30H,1,15-19H2,2-5H3,(H,31,33)/b10-7-,24-14+. The van der Waals surface area contributed by atoms with Gasteiger partial charge in [0.05, 0.1) is 18.8 Å². The highest BCUT2D eigenvalue weighted by molar-refractivity contribution is 7.97. The molecule has 1 aliphatic heterocycles. The number of benzene rings is 2. The highest BCUT2D eigenvalue weighted by Crippen LogP contribution is 2.31. The van der Waals surface area contributed by atoms with Crippen LogP contribution in [0.5, 0.6) is 5.75 Å². The van der Waals surface area contributed by atoms with Gasteiger partial charge in [0.1, 0.15) is 11.5 Å². The minimum atomic E-state index is -0.225. The van der Waals surface area contributed by atoms with Crippen LogP contribution in [0.15, 0.2) is 84.0 Å². The van der Waals surface area contributed by atoms with Gasteiger partial charge in [0.15, 0.2) is 0 Å². The zero-order valence-corrected chi connectivity index (χ0v) is 22.5. The van der Waals surface area contributed by atoms with Crippen molar-refractivity contribution in [3.05, 3.63) is 90.2 Å². The van der Waals surface area contributed by atoms with Gasteiger partial charge < -0.3 is 14.8 Å². The summed E-state index contributed by atoms with van der Waals surface area (Å²) in [5.41, 5.74) is 2.18. The Hall–Kier alpha value is -2.84. The molecule has 192 valence electrons. The second kappa shape index (κ2) is 13.5. The smallest absolute Gasteiger partial charge is 0.259 e. The van der Waals surface area contributed by atoms with Crippen LogP contribution >= 0.6 is 11.9 Å². The summed E-state index contributed by atoms with van der Waals surface area (Å²) in [7, 11) is 1.86. The maximum Gasteiger partial charge on any atom is 0.259 e. The predicted molar refractivity (Wildman–Crippen MR) is 150 cm³/mol. The first-order valence-corrected chi connectivity index (χ1v) is 13.0. The maximum absolute atomic E-state index is 13.4. The van der Waals surface area contributed by atoms with Crippen molar-refractivity contribution in [3.63, 3.8) is 0 Å². The minimum Gasteiger partial charge on any atom is -0.457 e. The van der Waals surface area contributed by atoms with Crippen LogP contribution in [0.25, 0.3) is 0 Å². The van der Waals surface area contributed by atoms with E-state index in [1.54, 1.807) is 6.08 Å². The molecular weight excluding hydrogens is 470 g/mol. The van der Waals surface area contributed by atoms with Crippen molar-refractivity contribution in [1.29, 1.82) is 0 Å². The molecule has 1 aliphatic rings.